The van der Waals surface area contributed by atoms with Crippen LogP contribution in [0.25, 0.3) is 0 Å². The first-order valence-corrected chi connectivity index (χ1v) is 10.5. The normalized spacial score (nSPS) is 14.4. The average molecular weight is 404 g/mol. The van der Waals surface area contributed by atoms with Crippen LogP contribution in [-0.2, 0) is 14.8 Å². The zero-order valence-electron chi connectivity index (χ0n) is 16.3. The van der Waals surface area contributed by atoms with Gasteiger partial charge in [0.1, 0.15) is 13.2 Å². The van der Waals surface area contributed by atoms with Gasteiger partial charge in [0.05, 0.1) is 10.9 Å². The van der Waals surface area contributed by atoms with Crippen molar-refractivity contribution < 1.29 is 22.7 Å². The average Bonchev–Trinajstić information content (AvgIpc) is 2.59. The van der Waals surface area contributed by atoms with E-state index < -0.39 is 22.0 Å². The number of fused-ring (bicyclic) bond motifs is 1. The van der Waals surface area contributed by atoms with E-state index in [1.807, 2.05) is 19.1 Å². The van der Waals surface area contributed by atoms with Gasteiger partial charge in [-0.25, -0.2) is 8.42 Å². The Morgan fingerprint density at radius 2 is 1.61 bits per heavy atom. The summed E-state index contributed by atoms with van der Waals surface area (Å²) in [7, 11) is -3.84. The minimum atomic E-state index is -3.84. The maximum absolute atomic E-state index is 12.8. The predicted molar refractivity (Wildman–Crippen MR) is 106 cm³/mol. The van der Waals surface area contributed by atoms with Crippen molar-refractivity contribution in [1.29, 1.82) is 0 Å². The van der Waals surface area contributed by atoms with Crippen molar-refractivity contribution in [2.75, 3.05) is 18.5 Å². The number of hydrogen-bond acceptors (Lipinski definition) is 5. The van der Waals surface area contributed by atoms with E-state index in [4.69, 9.17) is 9.47 Å². The smallest absolute Gasteiger partial charge is 0.242 e. The monoisotopic (exact) mass is 404 g/mol. The van der Waals surface area contributed by atoms with Crippen molar-refractivity contribution in [3.05, 3.63) is 47.0 Å². The number of aryl methyl sites for hydroxylation is 3. The van der Waals surface area contributed by atoms with E-state index in [0.717, 1.165) is 5.56 Å². The quantitative estimate of drug-likeness (QED) is 0.799. The highest BCUT2D eigenvalue weighted by Crippen LogP contribution is 2.32. The number of carbonyl (C=O) groups excluding carboxylic acids is 1. The van der Waals surface area contributed by atoms with Crippen LogP contribution in [0.3, 0.4) is 0 Å². The number of ether oxygens (including phenoxy) is 2. The Morgan fingerprint density at radius 3 is 2.25 bits per heavy atom. The van der Waals surface area contributed by atoms with E-state index in [9.17, 15) is 13.2 Å². The highest BCUT2D eigenvalue weighted by molar-refractivity contribution is 7.89. The molecule has 0 aromatic heterocycles. The SMILES string of the molecule is Cc1cc(C)c(S(=O)(=O)NC(C)C(=O)Nc2ccc3c(c2)OCCO3)c(C)c1. The summed E-state index contributed by atoms with van der Waals surface area (Å²) in [6.07, 6.45) is 0. The third-order valence-electron chi connectivity index (χ3n) is 4.41. The van der Waals surface area contributed by atoms with Gasteiger partial charge in [-0.3, -0.25) is 4.79 Å². The molecule has 150 valence electrons. The number of sulfonamides is 1. The molecule has 0 spiro atoms. The lowest BCUT2D eigenvalue weighted by atomic mass is 10.1. The molecule has 8 heteroatoms. The molecule has 0 saturated heterocycles. The Bertz CT molecular complexity index is 994. The number of rotatable bonds is 5. The summed E-state index contributed by atoms with van der Waals surface area (Å²) < 4.78 is 39.0. The Labute approximate surface area is 165 Å². The molecule has 0 bridgehead atoms. The van der Waals surface area contributed by atoms with E-state index >= 15 is 0 Å². The fourth-order valence-electron chi connectivity index (χ4n) is 3.31. The number of nitrogens with one attached hydrogen (secondary N) is 2. The minimum Gasteiger partial charge on any atom is -0.486 e. The number of hydrogen-bond donors (Lipinski definition) is 2. The highest BCUT2D eigenvalue weighted by Gasteiger charge is 2.25. The van der Waals surface area contributed by atoms with E-state index in [1.165, 1.54) is 6.92 Å². The van der Waals surface area contributed by atoms with Gasteiger partial charge in [0.2, 0.25) is 15.9 Å². The third kappa shape index (κ3) is 4.28. The van der Waals surface area contributed by atoms with Crippen molar-refractivity contribution in [2.45, 2.75) is 38.6 Å². The summed E-state index contributed by atoms with van der Waals surface area (Å²) >= 11 is 0. The van der Waals surface area contributed by atoms with Crippen molar-refractivity contribution in [3.63, 3.8) is 0 Å². The summed E-state index contributed by atoms with van der Waals surface area (Å²) in [5.41, 5.74) is 2.77. The molecular formula is C20H24N2O5S. The lowest BCUT2D eigenvalue weighted by Crippen LogP contribution is -2.42. The lowest BCUT2D eigenvalue weighted by Gasteiger charge is -2.20. The Kier molecular flexibility index (Phi) is 5.62. The standard InChI is InChI=1S/C20H24N2O5S/c1-12-9-13(2)19(14(3)10-12)28(24,25)22-15(4)20(23)21-16-5-6-17-18(11-16)27-8-7-26-17/h5-6,9-11,15,22H,7-8H2,1-4H3,(H,21,23). The molecule has 0 saturated carbocycles. The van der Waals surface area contributed by atoms with Gasteiger partial charge in [-0.15, -0.1) is 0 Å². The first kappa shape index (κ1) is 20.2. The van der Waals surface area contributed by atoms with Crippen LogP contribution in [0.1, 0.15) is 23.6 Å². The van der Waals surface area contributed by atoms with E-state index in [2.05, 4.69) is 10.0 Å². The van der Waals surface area contributed by atoms with Gasteiger partial charge >= 0.3 is 0 Å². The highest BCUT2D eigenvalue weighted by atomic mass is 32.2. The predicted octanol–water partition coefficient (Wildman–Crippen LogP) is 2.69. The van der Waals surface area contributed by atoms with Gasteiger partial charge in [-0.1, -0.05) is 17.7 Å². The molecule has 2 N–H and O–H groups in total. The summed E-state index contributed by atoms with van der Waals surface area (Å²) in [6.45, 7) is 7.82. The molecule has 1 heterocycles. The molecule has 28 heavy (non-hydrogen) atoms. The second-order valence-electron chi connectivity index (χ2n) is 6.92. The molecule has 1 aliphatic rings. The van der Waals surface area contributed by atoms with Crippen molar-refractivity contribution in [1.82, 2.24) is 4.72 Å². The molecule has 2 aromatic rings. The zero-order valence-corrected chi connectivity index (χ0v) is 17.1. The van der Waals surface area contributed by atoms with Gasteiger partial charge in [-0.2, -0.15) is 4.72 Å². The third-order valence-corrected chi connectivity index (χ3v) is 6.25. The largest absolute Gasteiger partial charge is 0.486 e. The molecule has 0 radical (unpaired) electrons. The lowest BCUT2D eigenvalue weighted by molar-refractivity contribution is -0.117. The Hall–Kier alpha value is -2.58. The molecule has 0 aliphatic carbocycles. The molecule has 7 nitrogen and oxygen atoms in total. The fraction of sp³-hybridized carbons (Fsp3) is 0.350. The van der Waals surface area contributed by atoms with Gasteiger partial charge < -0.3 is 14.8 Å². The van der Waals surface area contributed by atoms with Crippen molar-refractivity contribution in [3.8, 4) is 11.5 Å². The zero-order chi connectivity index (χ0) is 20.5. The van der Waals surface area contributed by atoms with Gasteiger partial charge in [0.15, 0.2) is 11.5 Å². The number of anilines is 1. The van der Waals surface area contributed by atoms with Crippen molar-refractivity contribution >= 4 is 21.6 Å². The molecule has 1 atom stereocenters. The number of benzene rings is 2. The summed E-state index contributed by atoms with van der Waals surface area (Å²) in [4.78, 5) is 12.7. The van der Waals surface area contributed by atoms with Crippen LogP contribution < -0.4 is 19.5 Å². The van der Waals surface area contributed by atoms with Crippen LogP contribution >= 0.6 is 0 Å². The minimum absolute atomic E-state index is 0.206. The van der Waals surface area contributed by atoms with Crippen LogP contribution in [0, 0.1) is 20.8 Å². The molecule has 1 amide bonds. The van der Waals surface area contributed by atoms with Crippen LogP contribution in [-0.4, -0.2) is 33.6 Å². The summed E-state index contributed by atoms with van der Waals surface area (Å²) in [5.74, 6) is 0.689. The number of carbonyl (C=O) groups is 1. The Balaban J connectivity index is 1.73. The van der Waals surface area contributed by atoms with Crippen LogP contribution in [0.15, 0.2) is 35.2 Å². The summed E-state index contributed by atoms with van der Waals surface area (Å²) in [5, 5.41) is 2.70. The first-order chi connectivity index (χ1) is 13.2. The molecular weight excluding hydrogens is 380 g/mol. The van der Waals surface area contributed by atoms with E-state index in [-0.39, 0.29) is 4.90 Å². The van der Waals surface area contributed by atoms with Crippen LogP contribution in [0.2, 0.25) is 0 Å². The van der Waals surface area contributed by atoms with Crippen molar-refractivity contribution in [2.24, 2.45) is 0 Å². The topological polar surface area (TPSA) is 93.7 Å². The van der Waals surface area contributed by atoms with E-state index in [0.29, 0.717) is 41.5 Å². The molecule has 3 rings (SSSR count). The molecule has 1 aliphatic heterocycles. The van der Waals surface area contributed by atoms with Gasteiger partial charge in [0, 0.05) is 11.8 Å². The second-order valence-corrected chi connectivity index (χ2v) is 8.57. The molecule has 2 aromatic carbocycles. The maximum Gasteiger partial charge on any atom is 0.242 e. The second kappa shape index (κ2) is 7.81. The molecule has 0 fully saturated rings. The van der Waals surface area contributed by atoms with Gasteiger partial charge in [0.25, 0.3) is 0 Å². The summed E-state index contributed by atoms with van der Waals surface area (Å²) in [6, 6.07) is 7.70. The maximum atomic E-state index is 12.8. The van der Waals surface area contributed by atoms with Crippen LogP contribution in [0.4, 0.5) is 5.69 Å². The van der Waals surface area contributed by atoms with Gasteiger partial charge in [-0.05, 0) is 51.0 Å². The first-order valence-electron chi connectivity index (χ1n) is 8.98. The fourth-order valence-corrected chi connectivity index (χ4v) is 4.96. The van der Waals surface area contributed by atoms with E-state index in [1.54, 1.807) is 32.0 Å². The number of amides is 1. The van der Waals surface area contributed by atoms with Crippen LogP contribution in [0.5, 0.6) is 11.5 Å². The Morgan fingerprint density at radius 1 is 1.00 bits per heavy atom. The molecule has 1 unspecified atom stereocenters.